The van der Waals surface area contributed by atoms with Gasteiger partial charge in [-0.1, -0.05) is 39.5 Å². The van der Waals surface area contributed by atoms with Gasteiger partial charge in [0.25, 0.3) is 0 Å². The first-order valence-electron chi connectivity index (χ1n) is 6.09. The van der Waals surface area contributed by atoms with Crippen LogP contribution in [-0.2, 0) is 0 Å². The molecule has 0 spiro atoms. The fourth-order valence-electron chi connectivity index (χ4n) is 2.39. The van der Waals surface area contributed by atoms with E-state index in [1.54, 1.807) is 0 Å². The predicted molar refractivity (Wildman–Crippen MR) is 66.8 cm³/mol. The Labute approximate surface area is 93.2 Å². The van der Waals surface area contributed by atoms with Crippen molar-refractivity contribution in [3.8, 4) is 0 Å². The van der Waals surface area contributed by atoms with Crippen LogP contribution in [0.4, 0.5) is 0 Å². The van der Waals surface area contributed by atoms with Crippen LogP contribution in [0.2, 0.25) is 0 Å². The van der Waals surface area contributed by atoms with Crippen molar-refractivity contribution in [2.45, 2.75) is 62.9 Å². The third kappa shape index (κ3) is 4.22. The zero-order valence-corrected chi connectivity index (χ0v) is 10.5. The maximum absolute atomic E-state index is 5.88. The van der Waals surface area contributed by atoms with Gasteiger partial charge in [-0.25, -0.2) is 0 Å². The van der Waals surface area contributed by atoms with Crippen LogP contribution in [0.25, 0.3) is 0 Å². The van der Waals surface area contributed by atoms with Crippen LogP contribution in [0.5, 0.6) is 0 Å². The molecular weight excluding hydrogens is 190 g/mol. The molecule has 1 nitrogen and oxygen atoms in total. The van der Waals surface area contributed by atoms with E-state index in [-0.39, 0.29) is 0 Å². The minimum Gasteiger partial charge on any atom is -0.329 e. The van der Waals surface area contributed by atoms with E-state index in [0.29, 0.717) is 5.25 Å². The van der Waals surface area contributed by atoms with E-state index in [0.717, 1.165) is 17.7 Å². The smallest absolute Gasteiger partial charge is 0.0201 e. The van der Waals surface area contributed by atoms with Gasteiger partial charge >= 0.3 is 0 Å². The molecule has 0 aromatic heterocycles. The Bertz CT molecular complexity index is 139. The van der Waals surface area contributed by atoms with Crippen LogP contribution in [-0.4, -0.2) is 17.0 Å². The molecule has 1 fully saturated rings. The SMILES string of the molecule is CC(C)SC(CN)C1CCCCCC1. The Morgan fingerprint density at radius 2 is 1.71 bits per heavy atom. The second-order valence-corrected chi connectivity index (χ2v) is 6.53. The number of thioether (sulfide) groups is 1. The first-order chi connectivity index (χ1) is 6.74. The normalized spacial score (nSPS) is 22.3. The molecule has 84 valence electrons. The van der Waals surface area contributed by atoms with E-state index in [2.05, 4.69) is 25.6 Å². The van der Waals surface area contributed by atoms with E-state index in [4.69, 9.17) is 5.73 Å². The fraction of sp³-hybridized carbons (Fsp3) is 1.00. The lowest BCUT2D eigenvalue weighted by Gasteiger charge is -2.25. The number of hydrogen-bond acceptors (Lipinski definition) is 2. The Kier molecular flexibility index (Phi) is 5.95. The summed E-state index contributed by atoms with van der Waals surface area (Å²) in [6, 6.07) is 0. The van der Waals surface area contributed by atoms with Gasteiger partial charge in [0, 0.05) is 11.8 Å². The van der Waals surface area contributed by atoms with E-state index < -0.39 is 0 Å². The standard InChI is InChI=1S/C12H25NS/c1-10(2)14-12(9-13)11-7-5-3-4-6-8-11/h10-12H,3-9,13H2,1-2H3. The lowest BCUT2D eigenvalue weighted by Crippen LogP contribution is -2.27. The van der Waals surface area contributed by atoms with E-state index in [1.807, 2.05) is 0 Å². The fourth-order valence-corrected chi connectivity index (χ4v) is 3.70. The monoisotopic (exact) mass is 215 g/mol. The van der Waals surface area contributed by atoms with Gasteiger partial charge in [-0.05, 0) is 24.0 Å². The first-order valence-corrected chi connectivity index (χ1v) is 7.04. The highest BCUT2D eigenvalue weighted by Gasteiger charge is 2.22. The summed E-state index contributed by atoms with van der Waals surface area (Å²) in [5, 5.41) is 1.44. The van der Waals surface area contributed by atoms with Crippen LogP contribution in [0.3, 0.4) is 0 Å². The summed E-state index contributed by atoms with van der Waals surface area (Å²) >= 11 is 2.09. The minimum atomic E-state index is 0.716. The van der Waals surface area contributed by atoms with Crippen LogP contribution in [0.15, 0.2) is 0 Å². The molecule has 0 bridgehead atoms. The molecule has 1 rings (SSSR count). The minimum absolute atomic E-state index is 0.716. The Morgan fingerprint density at radius 3 is 2.14 bits per heavy atom. The molecule has 1 unspecified atom stereocenters. The van der Waals surface area contributed by atoms with E-state index in [9.17, 15) is 0 Å². The zero-order valence-electron chi connectivity index (χ0n) is 9.67. The molecule has 0 aromatic carbocycles. The topological polar surface area (TPSA) is 26.0 Å². The average Bonchev–Trinajstić information content (AvgIpc) is 2.41. The second-order valence-electron chi connectivity index (χ2n) is 4.71. The van der Waals surface area contributed by atoms with Crippen LogP contribution >= 0.6 is 11.8 Å². The maximum Gasteiger partial charge on any atom is 0.0201 e. The summed E-state index contributed by atoms with van der Waals surface area (Å²) in [5.41, 5.74) is 5.88. The second kappa shape index (κ2) is 6.73. The highest BCUT2D eigenvalue weighted by atomic mass is 32.2. The van der Waals surface area contributed by atoms with Gasteiger partial charge in [-0.3, -0.25) is 0 Å². The van der Waals surface area contributed by atoms with Crippen molar-refractivity contribution in [2.24, 2.45) is 11.7 Å². The molecule has 1 atom stereocenters. The number of hydrogen-bond donors (Lipinski definition) is 1. The molecule has 0 amide bonds. The van der Waals surface area contributed by atoms with Crippen molar-refractivity contribution < 1.29 is 0 Å². The van der Waals surface area contributed by atoms with E-state index in [1.165, 1.54) is 38.5 Å². The molecule has 0 aromatic rings. The number of rotatable bonds is 4. The molecule has 0 saturated heterocycles. The molecule has 0 aliphatic heterocycles. The Balaban J connectivity index is 2.40. The summed E-state index contributed by atoms with van der Waals surface area (Å²) in [4.78, 5) is 0. The molecule has 1 saturated carbocycles. The summed E-state index contributed by atoms with van der Waals surface area (Å²) in [6.45, 7) is 5.43. The van der Waals surface area contributed by atoms with Gasteiger partial charge in [0.1, 0.15) is 0 Å². The molecule has 1 aliphatic rings. The predicted octanol–water partition coefficient (Wildman–Crippen LogP) is 3.43. The summed E-state index contributed by atoms with van der Waals surface area (Å²) in [5.74, 6) is 0.898. The van der Waals surface area contributed by atoms with Crippen molar-refractivity contribution in [3.63, 3.8) is 0 Å². The van der Waals surface area contributed by atoms with Crippen LogP contribution in [0, 0.1) is 5.92 Å². The van der Waals surface area contributed by atoms with Gasteiger partial charge in [0.05, 0.1) is 0 Å². The molecule has 14 heavy (non-hydrogen) atoms. The van der Waals surface area contributed by atoms with Crippen LogP contribution < -0.4 is 5.73 Å². The quantitative estimate of drug-likeness (QED) is 0.727. The third-order valence-electron chi connectivity index (χ3n) is 3.10. The third-order valence-corrected chi connectivity index (χ3v) is 4.58. The Morgan fingerprint density at radius 1 is 1.14 bits per heavy atom. The molecule has 0 radical (unpaired) electrons. The van der Waals surface area contributed by atoms with E-state index >= 15 is 0 Å². The summed E-state index contributed by atoms with van der Waals surface area (Å²) < 4.78 is 0. The average molecular weight is 215 g/mol. The maximum atomic E-state index is 5.88. The molecule has 2 heteroatoms. The number of nitrogens with two attached hydrogens (primary N) is 1. The van der Waals surface area contributed by atoms with Gasteiger partial charge in [-0.2, -0.15) is 11.8 Å². The largest absolute Gasteiger partial charge is 0.329 e. The zero-order chi connectivity index (χ0) is 10.4. The van der Waals surface area contributed by atoms with Crippen molar-refractivity contribution >= 4 is 11.8 Å². The van der Waals surface area contributed by atoms with Gasteiger partial charge in [0.15, 0.2) is 0 Å². The van der Waals surface area contributed by atoms with Crippen molar-refractivity contribution in [3.05, 3.63) is 0 Å². The Hall–Kier alpha value is 0.310. The summed E-state index contributed by atoms with van der Waals surface area (Å²) in [7, 11) is 0. The highest BCUT2D eigenvalue weighted by Crippen LogP contribution is 2.32. The van der Waals surface area contributed by atoms with Gasteiger partial charge in [0.2, 0.25) is 0 Å². The van der Waals surface area contributed by atoms with Gasteiger partial charge in [-0.15, -0.1) is 0 Å². The molecule has 1 aliphatic carbocycles. The van der Waals surface area contributed by atoms with Crippen molar-refractivity contribution in [1.29, 1.82) is 0 Å². The summed E-state index contributed by atoms with van der Waals surface area (Å²) in [6.07, 6.45) is 8.59. The molecular formula is C12H25NS. The molecule has 0 heterocycles. The highest BCUT2D eigenvalue weighted by molar-refractivity contribution is 8.00. The van der Waals surface area contributed by atoms with Crippen molar-refractivity contribution in [2.75, 3.05) is 6.54 Å². The van der Waals surface area contributed by atoms with Crippen molar-refractivity contribution in [1.82, 2.24) is 0 Å². The molecule has 2 N–H and O–H groups in total. The lowest BCUT2D eigenvalue weighted by molar-refractivity contribution is 0.445. The lowest BCUT2D eigenvalue weighted by atomic mass is 9.96. The van der Waals surface area contributed by atoms with Crippen LogP contribution in [0.1, 0.15) is 52.4 Å². The first kappa shape index (κ1) is 12.4. The van der Waals surface area contributed by atoms with Gasteiger partial charge < -0.3 is 5.73 Å².